The molecule has 0 radical (unpaired) electrons. The van der Waals surface area contributed by atoms with Crippen LogP contribution in [0.5, 0.6) is 0 Å². The molecule has 4 N–H and O–H groups in total. The summed E-state index contributed by atoms with van der Waals surface area (Å²) in [5.74, 6) is -0.206. The van der Waals surface area contributed by atoms with Gasteiger partial charge in [0.1, 0.15) is 42.4 Å². The zero-order valence-electron chi connectivity index (χ0n) is 34.6. The third-order valence-electron chi connectivity index (χ3n) is 11.9. The molecule has 11 heteroatoms. The van der Waals surface area contributed by atoms with Crippen molar-refractivity contribution < 1.29 is 53.7 Å². The summed E-state index contributed by atoms with van der Waals surface area (Å²) in [6.45, 7) is 8.15. The molecule has 0 amide bonds. The van der Waals surface area contributed by atoms with Crippen molar-refractivity contribution in [1.29, 1.82) is 0 Å². The van der Waals surface area contributed by atoms with E-state index in [4.69, 9.17) is 28.8 Å². The van der Waals surface area contributed by atoms with Crippen molar-refractivity contribution in [3.63, 3.8) is 0 Å². The van der Waals surface area contributed by atoms with Gasteiger partial charge in [0.2, 0.25) is 0 Å². The molecule has 6 heterocycles. The number of carbonyl (C=O) groups excluding carboxylic acids is 1. The van der Waals surface area contributed by atoms with Crippen LogP contribution in [0.25, 0.3) is 0 Å². The Morgan fingerprint density at radius 1 is 0.810 bits per heavy atom. The summed E-state index contributed by atoms with van der Waals surface area (Å²) < 4.78 is 31.5. The van der Waals surface area contributed by atoms with Crippen LogP contribution in [-0.2, 0) is 33.3 Å². The molecule has 3 saturated heterocycles. The molecule has 6 rings (SSSR count). The molecule has 6 aliphatic heterocycles. The van der Waals surface area contributed by atoms with E-state index in [1.54, 1.807) is 12.2 Å². The second kappa shape index (κ2) is 22.7. The summed E-state index contributed by atoms with van der Waals surface area (Å²) in [7, 11) is 0. The average molecular weight is 807 g/mol. The fraction of sp³-hybridized carbons (Fsp3) is 0.617. The van der Waals surface area contributed by atoms with E-state index in [9.17, 15) is 24.9 Å². The smallest absolute Gasteiger partial charge is 0.310 e. The molecule has 0 aliphatic carbocycles. The summed E-state index contributed by atoms with van der Waals surface area (Å²) in [6.07, 6.45) is 27.3. The maximum absolute atomic E-state index is 13.0. The molecule has 320 valence electrons. The second-order valence-corrected chi connectivity index (χ2v) is 16.6. The molecule has 7 bridgehead atoms. The minimum atomic E-state index is -1.18. The van der Waals surface area contributed by atoms with Crippen LogP contribution in [0.3, 0.4) is 0 Å². The van der Waals surface area contributed by atoms with Crippen LogP contribution in [-0.4, -0.2) is 99.5 Å². The quantitative estimate of drug-likeness (QED) is 0.118. The number of hydrogen-bond acceptors (Lipinski definition) is 10. The van der Waals surface area contributed by atoms with E-state index in [0.717, 1.165) is 37.0 Å². The van der Waals surface area contributed by atoms with Crippen LogP contribution < -0.4 is 0 Å². The van der Waals surface area contributed by atoms with E-state index in [2.05, 4.69) is 32.1 Å². The number of aliphatic hydroxyl groups is 3. The van der Waals surface area contributed by atoms with Crippen LogP contribution >= 0.6 is 0 Å². The molecule has 11 nitrogen and oxygen atoms in total. The number of carboxylic acids is 1. The molecule has 0 unspecified atom stereocenters. The fourth-order valence-corrected chi connectivity index (χ4v) is 8.29. The normalized spacial score (nSPS) is 40.8. The van der Waals surface area contributed by atoms with E-state index < -0.39 is 42.6 Å². The van der Waals surface area contributed by atoms with Crippen molar-refractivity contribution in [2.24, 2.45) is 17.8 Å². The van der Waals surface area contributed by atoms with E-state index in [1.165, 1.54) is 0 Å². The minimum Gasteiger partial charge on any atom is -0.491 e. The van der Waals surface area contributed by atoms with Gasteiger partial charge in [-0.25, -0.2) is 0 Å². The highest BCUT2D eigenvalue weighted by atomic mass is 16.6. The van der Waals surface area contributed by atoms with Crippen molar-refractivity contribution >= 4 is 11.9 Å². The molecular weight excluding hydrogens is 741 g/mol. The van der Waals surface area contributed by atoms with E-state index >= 15 is 0 Å². The van der Waals surface area contributed by atoms with Gasteiger partial charge in [-0.05, 0) is 69.1 Å². The first kappa shape index (κ1) is 45.5. The highest BCUT2D eigenvalue weighted by Crippen LogP contribution is 2.40. The van der Waals surface area contributed by atoms with Crippen LogP contribution in [0.2, 0.25) is 0 Å². The third-order valence-corrected chi connectivity index (χ3v) is 11.9. The number of carbonyl (C=O) groups is 2. The molecule has 58 heavy (non-hydrogen) atoms. The Bertz CT molecular complexity index is 1590. The van der Waals surface area contributed by atoms with Crippen LogP contribution in [0.4, 0.5) is 0 Å². The van der Waals surface area contributed by atoms with Gasteiger partial charge >= 0.3 is 11.9 Å². The first-order chi connectivity index (χ1) is 27.9. The van der Waals surface area contributed by atoms with Gasteiger partial charge in [-0.1, -0.05) is 100 Å². The summed E-state index contributed by atoms with van der Waals surface area (Å²) in [5.41, 5.74) is 0.957. The number of allylic oxidation sites excluding steroid dienone is 7. The average Bonchev–Trinajstić information content (AvgIpc) is 3.54. The van der Waals surface area contributed by atoms with Crippen LogP contribution in [0.15, 0.2) is 96.4 Å². The predicted octanol–water partition coefficient (Wildman–Crippen LogP) is 7.15. The molecule has 0 aromatic carbocycles. The lowest BCUT2D eigenvalue weighted by Crippen LogP contribution is -2.50. The lowest BCUT2D eigenvalue weighted by molar-refractivity contribution is -0.175. The number of aliphatic hydroxyl groups excluding tert-OH is 3. The van der Waals surface area contributed by atoms with Crippen molar-refractivity contribution in [2.75, 3.05) is 0 Å². The maximum Gasteiger partial charge on any atom is 0.310 e. The summed E-state index contributed by atoms with van der Waals surface area (Å²) in [6, 6.07) is 0. The first-order valence-electron chi connectivity index (χ1n) is 21.4. The monoisotopic (exact) mass is 806 g/mol. The van der Waals surface area contributed by atoms with Crippen LogP contribution in [0, 0.1) is 17.8 Å². The summed E-state index contributed by atoms with van der Waals surface area (Å²) in [4.78, 5) is 24.0. The van der Waals surface area contributed by atoms with Gasteiger partial charge in [0.25, 0.3) is 0 Å². The van der Waals surface area contributed by atoms with Gasteiger partial charge in [-0.15, -0.1) is 0 Å². The summed E-state index contributed by atoms with van der Waals surface area (Å²) in [5, 5.41) is 41.7. The lowest BCUT2D eigenvalue weighted by Gasteiger charge is -2.40. The largest absolute Gasteiger partial charge is 0.491 e. The standard InChI is InChI=1S/C47H66O11/c1-30(17-14-15-23-44(50)51)27-31(2)47-40-26-25-34(54-47)18-10-6-5-7-11-19-35(48)46(53)43-28-36(49)32(3)37(56-43)21-16-22-38-33(4)41-29-42(55-38)39(57-41)20-12-8-9-13-24-45(52)58-40/h6,8-13,16,19-20,22,25-27,30,32-38,40-43,46-49,53H,5,7,14-15,17-18,21,23-24,28-29H2,1-4H3,(H,50,51)/b10-6+,12-8+,13-9-,19-11+,22-16+,31-27+,39-20+/t30-,32-,33+,34+,35+,36+,37-,38+,40-,41-,42-,43-,46+,47+/m1/s1. The molecule has 0 spiro atoms. The van der Waals surface area contributed by atoms with Crippen molar-refractivity contribution in [3.8, 4) is 0 Å². The zero-order chi connectivity index (χ0) is 41.6. The molecule has 3 fully saturated rings. The Kier molecular flexibility index (Phi) is 17.8. The Morgan fingerprint density at radius 3 is 2.43 bits per heavy atom. The topological polar surface area (TPSA) is 161 Å². The van der Waals surface area contributed by atoms with Gasteiger partial charge in [-0.2, -0.15) is 0 Å². The number of unbranched alkanes of at least 4 members (excludes halogenated alkanes) is 1. The number of esters is 1. The number of aliphatic carboxylic acids is 1. The molecule has 0 aromatic rings. The summed E-state index contributed by atoms with van der Waals surface area (Å²) >= 11 is 0. The first-order valence-corrected chi connectivity index (χ1v) is 21.4. The Morgan fingerprint density at radius 2 is 1.62 bits per heavy atom. The molecule has 0 saturated carbocycles. The Balaban J connectivity index is 1.29. The van der Waals surface area contributed by atoms with Gasteiger partial charge in [-0.3, -0.25) is 9.59 Å². The number of ether oxygens (including phenoxy) is 5. The van der Waals surface area contributed by atoms with Gasteiger partial charge in [0, 0.05) is 31.1 Å². The van der Waals surface area contributed by atoms with E-state index in [1.807, 2.05) is 68.5 Å². The van der Waals surface area contributed by atoms with E-state index in [0.29, 0.717) is 25.7 Å². The lowest BCUT2D eigenvalue weighted by atomic mass is 9.86. The fourth-order valence-electron chi connectivity index (χ4n) is 8.29. The van der Waals surface area contributed by atoms with Crippen LogP contribution in [0.1, 0.15) is 98.3 Å². The van der Waals surface area contributed by atoms with Crippen molar-refractivity contribution in [2.45, 2.75) is 165 Å². The van der Waals surface area contributed by atoms with E-state index in [-0.39, 0.29) is 73.5 Å². The maximum atomic E-state index is 13.0. The van der Waals surface area contributed by atoms with Gasteiger partial charge in [0.05, 0.1) is 36.9 Å². The minimum absolute atomic E-state index is 0.0200. The zero-order valence-corrected chi connectivity index (χ0v) is 34.6. The van der Waals surface area contributed by atoms with Crippen molar-refractivity contribution in [1.82, 2.24) is 0 Å². The number of hydrogen-bond donors (Lipinski definition) is 4. The third kappa shape index (κ3) is 13.5. The molecular formula is C47H66O11. The van der Waals surface area contributed by atoms with Gasteiger partial charge in [0.15, 0.2) is 0 Å². The number of fused-ring (bicyclic) bond motifs is 14. The molecule has 14 atom stereocenters. The predicted molar refractivity (Wildman–Crippen MR) is 221 cm³/mol. The number of rotatable bonds is 7. The Hall–Kier alpha value is -3.58. The SMILES string of the molecule is C/C(=C\[C@H](C)CCCCC(=O)O)[C@@H]1O[C@@H]2C=C[C@H]1OC(=O)C\C=C/C=C/C=C1/O[C@@H]3C[C@H]1O[C@@H](/C=C/C[C@H]1O[C@H](C[C@H](O)[C@H]1C)[C@@H](O)[C@@H](O)/C=C/CC/C=C/C2)[C@@H]3C. The molecule has 6 aliphatic rings. The molecule has 0 aromatic heterocycles. The van der Waals surface area contributed by atoms with Gasteiger partial charge < -0.3 is 44.1 Å². The number of carboxylic acid groups (broad SMARTS) is 1. The highest BCUT2D eigenvalue weighted by Gasteiger charge is 2.44. The highest BCUT2D eigenvalue weighted by molar-refractivity contribution is 5.71. The van der Waals surface area contributed by atoms with Crippen molar-refractivity contribution in [3.05, 3.63) is 96.4 Å². The second-order valence-electron chi connectivity index (χ2n) is 16.6. The Labute approximate surface area is 344 Å².